The molecule has 4 amide bonds. The first-order valence-corrected chi connectivity index (χ1v) is 10.2. The molecule has 2 aliphatic rings. The zero-order chi connectivity index (χ0) is 22.0. The summed E-state index contributed by atoms with van der Waals surface area (Å²) < 4.78 is 10.5. The molecule has 9 heteroatoms. The SMILES string of the molecule is COc1ccc(C2(C)NC(=O)N(CC(=O)N3CCN(Cc4ccco4)CC3)C2=O)cc1. The Morgan fingerprint density at radius 1 is 1.13 bits per heavy atom. The largest absolute Gasteiger partial charge is 0.497 e. The second-order valence-corrected chi connectivity index (χ2v) is 7.91. The minimum absolute atomic E-state index is 0.236. The number of rotatable bonds is 6. The summed E-state index contributed by atoms with van der Waals surface area (Å²) in [6.45, 7) is 4.56. The minimum atomic E-state index is -1.22. The van der Waals surface area contributed by atoms with Gasteiger partial charge in [0.1, 0.15) is 23.6 Å². The van der Waals surface area contributed by atoms with Crippen LogP contribution in [0.3, 0.4) is 0 Å². The molecule has 0 radical (unpaired) electrons. The van der Waals surface area contributed by atoms with Crippen molar-refractivity contribution in [1.29, 1.82) is 0 Å². The first-order valence-electron chi connectivity index (χ1n) is 10.2. The van der Waals surface area contributed by atoms with Gasteiger partial charge in [-0.1, -0.05) is 12.1 Å². The maximum absolute atomic E-state index is 13.1. The number of nitrogens with one attached hydrogen (secondary N) is 1. The fourth-order valence-corrected chi connectivity index (χ4v) is 3.97. The van der Waals surface area contributed by atoms with Crippen LogP contribution in [0.15, 0.2) is 47.1 Å². The third-order valence-corrected chi connectivity index (χ3v) is 5.92. The Morgan fingerprint density at radius 3 is 2.45 bits per heavy atom. The second kappa shape index (κ2) is 8.43. The zero-order valence-electron chi connectivity index (χ0n) is 17.7. The molecule has 0 bridgehead atoms. The van der Waals surface area contributed by atoms with Crippen molar-refractivity contribution < 1.29 is 23.5 Å². The normalized spacial score (nSPS) is 22.0. The van der Waals surface area contributed by atoms with Gasteiger partial charge in [0, 0.05) is 26.2 Å². The Balaban J connectivity index is 1.36. The number of carbonyl (C=O) groups is 3. The number of hydrogen-bond donors (Lipinski definition) is 1. The van der Waals surface area contributed by atoms with Gasteiger partial charge >= 0.3 is 6.03 Å². The van der Waals surface area contributed by atoms with Crippen molar-refractivity contribution in [1.82, 2.24) is 20.0 Å². The summed E-state index contributed by atoms with van der Waals surface area (Å²) in [5.74, 6) is 0.867. The number of nitrogens with zero attached hydrogens (tertiary/aromatic N) is 3. The lowest BCUT2D eigenvalue weighted by molar-refractivity contribution is -0.140. The van der Waals surface area contributed by atoms with Gasteiger partial charge in [0.15, 0.2) is 0 Å². The first-order chi connectivity index (χ1) is 14.9. The van der Waals surface area contributed by atoms with Gasteiger partial charge in [-0.2, -0.15) is 0 Å². The molecule has 9 nitrogen and oxygen atoms in total. The van der Waals surface area contributed by atoms with Crippen molar-refractivity contribution in [2.45, 2.75) is 19.0 Å². The molecule has 2 saturated heterocycles. The van der Waals surface area contributed by atoms with E-state index in [0.717, 1.165) is 10.7 Å². The monoisotopic (exact) mass is 426 g/mol. The molecular weight excluding hydrogens is 400 g/mol. The number of benzene rings is 1. The predicted octanol–water partition coefficient (Wildman–Crippen LogP) is 1.40. The van der Waals surface area contributed by atoms with Crippen LogP contribution >= 0.6 is 0 Å². The number of hydrogen-bond acceptors (Lipinski definition) is 6. The fraction of sp³-hybridized carbons (Fsp3) is 0.409. The van der Waals surface area contributed by atoms with Crippen molar-refractivity contribution in [2.75, 3.05) is 39.8 Å². The van der Waals surface area contributed by atoms with Gasteiger partial charge in [-0.05, 0) is 36.8 Å². The van der Waals surface area contributed by atoms with Gasteiger partial charge in [-0.3, -0.25) is 19.4 Å². The first kappa shape index (κ1) is 20.9. The molecule has 0 saturated carbocycles. The highest BCUT2D eigenvalue weighted by Gasteiger charge is 2.49. The van der Waals surface area contributed by atoms with Crippen LogP contribution in [0.4, 0.5) is 4.79 Å². The Hall–Kier alpha value is -3.33. The maximum Gasteiger partial charge on any atom is 0.325 e. The van der Waals surface area contributed by atoms with E-state index in [1.165, 1.54) is 0 Å². The number of amides is 4. The minimum Gasteiger partial charge on any atom is -0.497 e. The molecule has 2 fully saturated rings. The van der Waals surface area contributed by atoms with Gasteiger partial charge in [0.25, 0.3) is 5.91 Å². The van der Waals surface area contributed by atoms with Crippen LogP contribution in [0.25, 0.3) is 0 Å². The summed E-state index contributed by atoms with van der Waals surface area (Å²) in [6, 6.07) is 10.2. The third kappa shape index (κ3) is 4.13. The topological polar surface area (TPSA) is 95.3 Å². The standard InChI is InChI=1S/C22H26N4O5/c1-22(16-5-7-17(30-2)8-6-16)20(28)26(21(29)23-22)15-19(27)25-11-9-24(10-12-25)14-18-4-3-13-31-18/h3-8,13H,9-12,14-15H2,1-2H3,(H,23,29). The number of piperazine rings is 1. The molecule has 2 aliphatic heterocycles. The molecule has 1 N–H and O–H groups in total. The van der Waals surface area contributed by atoms with E-state index in [4.69, 9.17) is 9.15 Å². The van der Waals surface area contributed by atoms with E-state index in [9.17, 15) is 14.4 Å². The van der Waals surface area contributed by atoms with Crippen LogP contribution in [0, 0.1) is 0 Å². The second-order valence-electron chi connectivity index (χ2n) is 7.91. The molecule has 1 aromatic carbocycles. The molecular formula is C22H26N4O5. The summed E-state index contributed by atoms with van der Waals surface area (Å²) in [4.78, 5) is 43.3. The number of ether oxygens (including phenoxy) is 1. The van der Waals surface area contributed by atoms with E-state index in [-0.39, 0.29) is 12.5 Å². The molecule has 31 heavy (non-hydrogen) atoms. The lowest BCUT2D eigenvalue weighted by Gasteiger charge is -2.34. The molecule has 1 unspecified atom stereocenters. The van der Waals surface area contributed by atoms with E-state index >= 15 is 0 Å². The lowest BCUT2D eigenvalue weighted by Crippen LogP contribution is -2.51. The summed E-state index contributed by atoms with van der Waals surface area (Å²) in [7, 11) is 1.56. The Morgan fingerprint density at radius 2 is 1.84 bits per heavy atom. The predicted molar refractivity (Wildman–Crippen MR) is 111 cm³/mol. The average molecular weight is 426 g/mol. The Kier molecular flexibility index (Phi) is 5.69. The number of carbonyl (C=O) groups excluding carboxylic acids is 3. The number of methoxy groups -OCH3 is 1. The van der Waals surface area contributed by atoms with Gasteiger partial charge in [-0.15, -0.1) is 0 Å². The van der Waals surface area contributed by atoms with Crippen LogP contribution < -0.4 is 10.1 Å². The van der Waals surface area contributed by atoms with E-state index in [1.54, 1.807) is 49.5 Å². The van der Waals surface area contributed by atoms with E-state index in [0.29, 0.717) is 44.0 Å². The van der Waals surface area contributed by atoms with Gasteiger partial charge in [0.2, 0.25) is 5.91 Å². The van der Waals surface area contributed by atoms with Crippen molar-refractivity contribution in [3.05, 3.63) is 54.0 Å². The van der Waals surface area contributed by atoms with Crippen LogP contribution in [0.2, 0.25) is 0 Å². The lowest BCUT2D eigenvalue weighted by atomic mass is 9.92. The van der Waals surface area contributed by atoms with Gasteiger partial charge in [-0.25, -0.2) is 4.79 Å². The molecule has 2 aromatic rings. The molecule has 1 atom stereocenters. The fourth-order valence-electron chi connectivity index (χ4n) is 3.97. The molecule has 164 valence electrons. The third-order valence-electron chi connectivity index (χ3n) is 5.92. The van der Waals surface area contributed by atoms with Crippen LogP contribution in [0.5, 0.6) is 5.75 Å². The summed E-state index contributed by atoms with van der Waals surface area (Å²) in [5.41, 5.74) is -0.584. The van der Waals surface area contributed by atoms with Gasteiger partial charge < -0.3 is 19.4 Å². The van der Waals surface area contributed by atoms with E-state index in [1.807, 2.05) is 12.1 Å². The Labute approximate surface area is 180 Å². The summed E-state index contributed by atoms with van der Waals surface area (Å²) in [5, 5.41) is 2.73. The van der Waals surface area contributed by atoms with Crippen LogP contribution in [-0.2, 0) is 21.7 Å². The van der Waals surface area contributed by atoms with E-state index < -0.39 is 17.5 Å². The number of urea groups is 1. The molecule has 1 aromatic heterocycles. The van der Waals surface area contributed by atoms with Crippen molar-refractivity contribution in [2.24, 2.45) is 0 Å². The quantitative estimate of drug-likeness (QED) is 0.702. The van der Waals surface area contributed by atoms with Gasteiger partial charge in [0.05, 0.1) is 19.9 Å². The average Bonchev–Trinajstić information content (AvgIpc) is 3.37. The zero-order valence-corrected chi connectivity index (χ0v) is 17.7. The highest BCUT2D eigenvalue weighted by atomic mass is 16.5. The highest BCUT2D eigenvalue weighted by Crippen LogP contribution is 2.30. The molecule has 0 spiro atoms. The van der Waals surface area contributed by atoms with E-state index in [2.05, 4.69) is 10.2 Å². The molecule has 3 heterocycles. The van der Waals surface area contributed by atoms with Crippen molar-refractivity contribution in [3.8, 4) is 5.75 Å². The van der Waals surface area contributed by atoms with Crippen LogP contribution in [0.1, 0.15) is 18.2 Å². The summed E-state index contributed by atoms with van der Waals surface area (Å²) >= 11 is 0. The maximum atomic E-state index is 13.1. The van der Waals surface area contributed by atoms with Crippen molar-refractivity contribution in [3.63, 3.8) is 0 Å². The van der Waals surface area contributed by atoms with Crippen molar-refractivity contribution >= 4 is 17.8 Å². The number of imide groups is 1. The molecule has 0 aliphatic carbocycles. The van der Waals surface area contributed by atoms with Crippen LogP contribution in [-0.4, -0.2) is 72.4 Å². The summed E-state index contributed by atoms with van der Waals surface area (Å²) in [6.07, 6.45) is 1.65. The Bertz CT molecular complexity index is 951. The smallest absolute Gasteiger partial charge is 0.325 e. The highest BCUT2D eigenvalue weighted by molar-refractivity contribution is 6.09. The molecule has 4 rings (SSSR count). The number of furan rings is 1.